The summed E-state index contributed by atoms with van der Waals surface area (Å²) in [4.78, 5) is 0. The van der Waals surface area contributed by atoms with Crippen molar-refractivity contribution in [2.45, 2.75) is 141 Å². The molecule has 1 saturated carbocycles. The van der Waals surface area contributed by atoms with E-state index < -0.39 is 36.0 Å². The largest absolute Gasteiger partial charge is 0.388 e. The average molecular weight is 601 g/mol. The van der Waals surface area contributed by atoms with Crippen LogP contribution in [0.15, 0.2) is 34.9 Å². The highest BCUT2D eigenvalue weighted by atomic mass is 16.8. The van der Waals surface area contributed by atoms with E-state index in [0.29, 0.717) is 12.3 Å². The van der Waals surface area contributed by atoms with Gasteiger partial charge in [0.05, 0.1) is 24.4 Å². The van der Waals surface area contributed by atoms with Crippen molar-refractivity contribution in [3.05, 3.63) is 34.9 Å². The fraction of sp³-hybridized carbons (Fsp3) is 0.829. The van der Waals surface area contributed by atoms with Crippen LogP contribution in [0.3, 0.4) is 0 Å². The van der Waals surface area contributed by atoms with Crippen LogP contribution in [0, 0.1) is 34.0 Å². The molecule has 0 radical (unpaired) electrons. The molecule has 0 aromatic carbocycles. The first-order valence-electron chi connectivity index (χ1n) is 16.5. The van der Waals surface area contributed by atoms with Crippen molar-refractivity contribution >= 4 is 0 Å². The zero-order valence-electron chi connectivity index (χ0n) is 26.9. The van der Waals surface area contributed by atoms with Crippen LogP contribution in [0.4, 0.5) is 0 Å². The summed E-state index contributed by atoms with van der Waals surface area (Å²) < 4.78 is 25.6. The smallest absolute Gasteiger partial charge is 0.186 e. The van der Waals surface area contributed by atoms with E-state index in [0.717, 1.165) is 32.1 Å². The van der Waals surface area contributed by atoms with E-state index in [-0.39, 0.29) is 53.0 Å². The van der Waals surface area contributed by atoms with Gasteiger partial charge in [0, 0.05) is 17.8 Å². The van der Waals surface area contributed by atoms with Gasteiger partial charge in [-0.1, -0.05) is 58.4 Å². The van der Waals surface area contributed by atoms with Crippen LogP contribution in [0.1, 0.15) is 87.0 Å². The summed E-state index contributed by atoms with van der Waals surface area (Å²) >= 11 is 0. The fourth-order valence-electron chi connectivity index (χ4n) is 10.5. The summed E-state index contributed by atoms with van der Waals surface area (Å²) in [6.07, 6.45) is 7.37. The molecule has 3 aliphatic heterocycles. The Morgan fingerprint density at radius 1 is 0.977 bits per heavy atom. The second-order valence-electron chi connectivity index (χ2n) is 16.6. The second kappa shape index (κ2) is 9.71. The predicted molar refractivity (Wildman–Crippen MR) is 159 cm³/mol. The maximum absolute atomic E-state index is 11.0. The average Bonchev–Trinajstić information content (AvgIpc) is 3.21. The third kappa shape index (κ3) is 4.38. The topological polar surface area (TPSA) is 118 Å². The number of rotatable bonds is 3. The third-order valence-corrected chi connectivity index (χ3v) is 12.9. The SMILES string of the molecule is CC1CC2OC3(CC4(C)CC5=CCC6C(=CCC(OC7OCC(O)C(O)C7O)C6(C)C)CC5=CC4(C)C13)OC2C(C)(C)O. The molecule has 0 aromatic heterocycles. The van der Waals surface area contributed by atoms with E-state index in [1.54, 1.807) is 0 Å². The minimum Gasteiger partial charge on any atom is -0.388 e. The highest BCUT2D eigenvalue weighted by Gasteiger charge is 2.74. The molecule has 8 nitrogen and oxygen atoms in total. The van der Waals surface area contributed by atoms with Gasteiger partial charge in [-0.15, -0.1) is 0 Å². The predicted octanol–water partition coefficient (Wildman–Crippen LogP) is 4.16. The zero-order valence-corrected chi connectivity index (χ0v) is 26.9. The van der Waals surface area contributed by atoms with Crippen molar-refractivity contribution in [1.82, 2.24) is 0 Å². The first kappa shape index (κ1) is 30.5. The third-order valence-electron chi connectivity index (χ3n) is 12.9. The van der Waals surface area contributed by atoms with E-state index in [9.17, 15) is 20.4 Å². The molecular formula is C35H52O8. The first-order valence-corrected chi connectivity index (χ1v) is 16.5. The maximum Gasteiger partial charge on any atom is 0.186 e. The number of hydrogen-bond acceptors (Lipinski definition) is 8. The Bertz CT molecular complexity index is 1250. The molecule has 0 aromatic rings. The number of ether oxygens (including phenoxy) is 4. The van der Waals surface area contributed by atoms with Gasteiger partial charge in [-0.25, -0.2) is 0 Å². The Kier molecular flexibility index (Phi) is 6.90. The van der Waals surface area contributed by atoms with Gasteiger partial charge in [0.1, 0.15) is 24.4 Å². The Morgan fingerprint density at radius 2 is 1.72 bits per heavy atom. The number of hydrogen-bond donors (Lipinski definition) is 4. The summed E-state index contributed by atoms with van der Waals surface area (Å²) in [7, 11) is 0. The molecule has 13 atom stereocenters. The van der Waals surface area contributed by atoms with Gasteiger partial charge in [-0.05, 0) is 79.8 Å². The first-order chi connectivity index (χ1) is 20.0. The van der Waals surface area contributed by atoms with Gasteiger partial charge >= 0.3 is 0 Å². The van der Waals surface area contributed by atoms with Gasteiger partial charge < -0.3 is 39.4 Å². The standard InChI is InChI=1S/C35H52O8/c1-18-12-24-29(32(4,5)39)43-35(42-24)17-33(6)14-20-8-10-22-19(13-21(20)15-34(33,7)28(18)35)9-11-25(31(22,2)3)41-30-27(38)26(37)23(36)16-40-30/h8-9,15,18,22-30,36-39H,10-14,16-17H2,1-7H3. The van der Waals surface area contributed by atoms with Crippen LogP contribution in [-0.2, 0) is 18.9 Å². The summed E-state index contributed by atoms with van der Waals surface area (Å²) in [5, 5.41) is 41.6. The quantitative estimate of drug-likeness (QED) is 0.357. The molecule has 4 fully saturated rings. The Balaban J connectivity index is 1.17. The normalized spacial score (nSPS) is 52.1. The highest BCUT2D eigenvalue weighted by Crippen LogP contribution is 2.73. The summed E-state index contributed by atoms with van der Waals surface area (Å²) in [5.41, 5.74) is 2.99. The van der Waals surface area contributed by atoms with Crippen molar-refractivity contribution in [2.24, 2.45) is 34.0 Å². The van der Waals surface area contributed by atoms with E-state index in [1.165, 1.54) is 16.7 Å². The lowest BCUT2D eigenvalue weighted by atomic mass is 9.55. The molecule has 4 aliphatic carbocycles. The molecule has 4 N–H and O–H groups in total. The number of aliphatic hydroxyl groups excluding tert-OH is 3. The Morgan fingerprint density at radius 3 is 2.44 bits per heavy atom. The monoisotopic (exact) mass is 600 g/mol. The van der Waals surface area contributed by atoms with Crippen LogP contribution in [0.5, 0.6) is 0 Å². The number of allylic oxidation sites excluding steroid dienone is 5. The highest BCUT2D eigenvalue weighted by molar-refractivity contribution is 5.46. The Hall–Kier alpha value is -1.10. The maximum atomic E-state index is 11.0. The number of fused-ring (bicyclic) bond motifs is 5. The van der Waals surface area contributed by atoms with Crippen molar-refractivity contribution in [1.29, 1.82) is 0 Å². The van der Waals surface area contributed by atoms with Gasteiger partial charge in [-0.3, -0.25) is 0 Å². The molecule has 240 valence electrons. The van der Waals surface area contributed by atoms with E-state index in [4.69, 9.17) is 18.9 Å². The van der Waals surface area contributed by atoms with Crippen molar-refractivity contribution in [3.63, 3.8) is 0 Å². The molecule has 13 unspecified atom stereocenters. The molecule has 2 bridgehead atoms. The molecule has 7 rings (SSSR count). The van der Waals surface area contributed by atoms with Gasteiger partial charge in [0.25, 0.3) is 0 Å². The van der Waals surface area contributed by atoms with Gasteiger partial charge in [-0.2, -0.15) is 0 Å². The minimum atomic E-state index is -1.29. The van der Waals surface area contributed by atoms with Crippen molar-refractivity contribution in [2.75, 3.05) is 6.61 Å². The van der Waals surface area contributed by atoms with Crippen LogP contribution in [0.2, 0.25) is 0 Å². The Labute approximate surface area is 256 Å². The van der Waals surface area contributed by atoms with Gasteiger partial charge in [0.2, 0.25) is 0 Å². The zero-order chi connectivity index (χ0) is 30.9. The van der Waals surface area contributed by atoms with Crippen LogP contribution in [-0.4, -0.2) is 81.3 Å². The van der Waals surface area contributed by atoms with Crippen LogP contribution in [0.25, 0.3) is 0 Å². The fourth-order valence-corrected chi connectivity index (χ4v) is 10.5. The molecule has 3 heterocycles. The molecule has 8 heteroatoms. The second-order valence-corrected chi connectivity index (χ2v) is 16.6. The summed E-state index contributed by atoms with van der Waals surface area (Å²) in [6, 6.07) is 0. The lowest BCUT2D eigenvalue weighted by Gasteiger charge is -2.50. The van der Waals surface area contributed by atoms with E-state index in [2.05, 4.69) is 52.8 Å². The van der Waals surface area contributed by atoms with Crippen molar-refractivity contribution < 1.29 is 39.4 Å². The summed E-state index contributed by atoms with van der Waals surface area (Å²) in [5.74, 6) is 0.247. The van der Waals surface area contributed by atoms with Crippen LogP contribution < -0.4 is 0 Å². The lowest BCUT2D eigenvalue weighted by molar-refractivity contribution is -0.293. The van der Waals surface area contributed by atoms with E-state index >= 15 is 0 Å². The molecule has 1 spiro atoms. The summed E-state index contributed by atoms with van der Waals surface area (Å²) in [6.45, 7) is 15.3. The molecule has 0 amide bonds. The lowest BCUT2D eigenvalue weighted by Crippen LogP contribution is -2.56. The van der Waals surface area contributed by atoms with Gasteiger partial charge in [0.15, 0.2) is 12.1 Å². The van der Waals surface area contributed by atoms with E-state index in [1.807, 2.05) is 13.8 Å². The van der Waals surface area contributed by atoms with Crippen molar-refractivity contribution in [3.8, 4) is 0 Å². The molecule has 43 heavy (non-hydrogen) atoms. The molecule has 7 aliphatic rings. The number of aliphatic hydroxyl groups is 4. The molecular weight excluding hydrogens is 548 g/mol. The van der Waals surface area contributed by atoms with Crippen LogP contribution >= 0.6 is 0 Å². The molecule has 3 saturated heterocycles. The minimum absolute atomic E-state index is 0.0322.